The lowest BCUT2D eigenvalue weighted by molar-refractivity contribution is 0.669. The Balaban J connectivity index is 1.08. The average Bonchev–Trinajstić information content (AvgIpc) is 3.97. The van der Waals surface area contributed by atoms with E-state index in [2.05, 4.69) is 229 Å². The standard InChI is InChI=1S/C59H37NO/c1-3-15-38(16-4-1)39-29-31-41(32-30-39)60(42-33-35-55-49(37-42)57-47-23-13-22-43(40-17-5-2-6-18-40)44(47)34-36-56(57)61-55)54-28-14-27-53-58(54)48-21-9-12-26-52(48)59(53)50-24-10-7-19-45(50)46-20-8-11-25-51(46)59/h1-37H. The van der Waals surface area contributed by atoms with Crippen molar-refractivity contribution in [2.24, 2.45) is 0 Å². The van der Waals surface area contributed by atoms with E-state index in [-0.39, 0.29) is 0 Å². The SMILES string of the molecule is c1ccc(-c2ccc(N(c3ccc4oc5ccc6c(-c7ccccc7)cccc6c5c4c3)c3cccc4c3-c3ccccc3C43c4ccccc4-c4ccccc43)cc2)cc1. The normalized spacial score (nSPS) is 13.0. The average molecular weight is 776 g/mol. The van der Waals surface area contributed by atoms with E-state index < -0.39 is 5.41 Å². The second-order valence-electron chi connectivity index (χ2n) is 16.3. The minimum atomic E-state index is -0.446. The summed E-state index contributed by atoms with van der Waals surface area (Å²) in [7, 11) is 0. The number of benzene rings is 10. The molecule has 0 saturated carbocycles. The Morgan fingerprint density at radius 2 is 0.869 bits per heavy atom. The number of hydrogen-bond donors (Lipinski definition) is 0. The van der Waals surface area contributed by atoms with Gasteiger partial charge in [-0.25, -0.2) is 0 Å². The van der Waals surface area contributed by atoms with E-state index in [0.29, 0.717) is 0 Å². The molecule has 2 aliphatic carbocycles. The summed E-state index contributed by atoms with van der Waals surface area (Å²) in [4.78, 5) is 2.47. The molecule has 2 aliphatic rings. The van der Waals surface area contributed by atoms with Crippen LogP contribution in [-0.2, 0) is 5.41 Å². The first-order valence-electron chi connectivity index (χ1n) is 21.1. The molecule has 1 aromatic heterocycles. The van der Waals surface area contributed by atoms with Gasteiger partial charge in [0.25, 0.3) is 0 Å². The van der Waals surface area contributed by atoms with Crippen molar-refractivity contribution in [1.29, 1.82) is 0 Å². The molecule has 13 rings (SSSR count). The zero-order chi connectivity index (χ0) is 40.1. The Kier molecular flexibility index (Phi) is 7.26. The smallest absolute Gasteiger partial charge is 0.136 e. The Morgan fingerprint density at radius 3 is 1.59 bits per heavy atom. The molecule has 2 heteroatoms. The quantitative estimate of drug-likeness (QED) is 0.173. The fraction of sp³-hybridized carbons (Fsp3) is 0.0169. The van der Waals surface area contributed by atoms with E-state index in [9.17, 15) is 0 Å². The minimum Gasteiger partial charge on any atom is -0.456 e. The highest BCUT2D eigenvalue weighted by Gasteiger charge is 2.52. The molecule has 61 heavy (non-hydrogen) atoms. The van der Waals surface area contributed by atoms with Crippen LogP contribution >= 0.6 is 0 Å². The second kappa shape index (κ2) is 13.0. The number of fused-ring (bicyclic) bond motifs is 15. The second-order valence-corrected chi connectivity index (χ2v) is 16.3. The number of hydrogen-bond acceptors (Lipinski definition) is 2. The molecule has 0 saturated heterocycles. The zero-order valence-corrected chi connectivity index (χ0v) is 33.2. The van der Waals surface area contributed by atoms with Crippen molar-refractivity contribution in [1.82, 2.24) is 0 Å². The summed E-state index contributed by atoms with van der Waals surface area (Å²) >= 11 is 0. The van der Waals surface area contributed by atoms with Crippen LogP contribution in [0.2, 0.25) is 0 Å². The molecule has 2 nitrogen and oxygen atoms in total. The van der Waals surface area contributed by atoms with Crippen LogP contribution in [0.5, 0.6) is 0 Å². The third kappa shape index (κ3) is 4.79. The molecule has 11 aromatic rings. The summed E-state index contributed by atoms with van der Waals surface area (Å²) in [6.07, 6.45) is 0. The fourth-order valence-electron chi connectivity index (χ4n) is 10.8. The van der Waals surface area contributed by atoms with Crippen LogP contribution in [-0.4, -0.2) is 0 Å². The highest BCUT2D eigenvalue weighted by atomic mass is 16.3. The van der Waals surface area contributed by atoms with Crippen molar-refractivity contribution in [3.05, 3.63) is 247 Å². The maximum absolute atomic E-state index is 6.65. The molecule has 10 aromatic carbocycles. The lowest BCUT2D eigenvalue weighted by atomic mass is 9.70. The molecule has 284 valence electrons. The third-order valence-corrected chi connectivity index (χ3v) is 13.3. The van der Waals surface area contributed by atoms with Gasteiger partial charge in [-0.05, 0) is 114 Å². The van der Waals surface area contributed by atoms with Crippen molar-refractivity contribution in [3.8, 4) is 44.5 Å². The Morgan fingerprint density at radius 1 is 0.328 bits per heavy atom. The largest absolute Gasteiger partial charge is 0.456 e. The predicted octanol–water partition coefficient (Wildman–Crippen LogP) is 15.9. The van der Waals surface area contributed by atoms with Crippen molar-refractivity contribution >= 4 is 49.8 Å². The molecule has 0 N–H and O–H groups in total. The van der Waals surface area contributed by atoms with E-state index in [1.807, 2.05) is 0 Å². The third-order valence-electron chi connectivity index (χ3n) is 13.3. The molecule has 0 bridgehead atoms. The van der Waals surface area contributed by atoms with Gasteiger partial charge < -0.3 is 9.32 Å². The summed E-state index contributed by atoms with van der Waals surface area (Å²) in [6, 6.07) is 82.2. The summed E-state index contributed by atoms with van der Waals surface area (Å²) in [5.41, 5.74) is 19.8. The van der Waals surface area contributed by atoms with Crippen LogP contribution in [0.3, 0.4) is 0 Å². The topological polar surface area (TPSA) is 16.4 Å². The van der Waals surface area contributed by atoms with Gasteiger partial charge in [0.15, 0.2) is 0 Å². The number of rotatable bonds is 5. The van der Waals surface area contributed by atoms with Gasteiger partial charge in [-0.3, -0.25) is 0 Å². The number of furan rings is 1. The number of nitrogens with zero attached hydrogens (tertiary/aromatic N) is 1. The van der Waals surface area contributed by atoms with E-state index >= 15 is 0 Å². The first-order chi connectivity index (χ1) is 30.3. The summed E-state index contributed by atoms with van der Waals surface area (Å²) < 4.78 is 6.65. The molecule has 0 radical (unpaired) electrons. The monoisotopic (exact) mass is 775 g/mol. The van der Waals surface area contributed by atoms with Gasteiger partial charge >= 0.3 is 0 Å². The first-order valence-corrected chi connectivity index (χ1v) is 21.1. The van der Waals surface area contributed by atoms with Gasteiger partial charge in [0, 0.05) is 27.7 Å². The van der Waals surface area contributed by atoms with Gasteiger partial charge in [-0.2, -0.15) is 0 Å². The van der Waals surface area contributed by atoms with Crippen molar-refractivity contribution in [3.63, 3.8) is 0 Å². The summed E-state index contributed by atoms with van der Waals surface area (Å²) in [6.45, 7) is 0. The minimum absolute atomic E-state index is 0.446. The zero-order valence-electron chi connectivity index (χ0n) is 33.2. The summed E-state index contributed by atoms with van der Waals surface area (Å²) in [5.74, 6) is 0. The highest BCUT2D eigenvalue weighted by molar-refractivity contribution is 6.21. The van der Waals surface area contributed by atoms with Gasteiger partial charge in [0.05, 0.1) is 11.1 Å². The molecule has 0 atom stereocenters. The Hall–Kier alpha value is -7.94. The van der Waals surface area contributed by atoms with E-state index in [1.165, 1.54) is 77.5 Å². The van der Waals surface area contributed by atoms with Gasteiger partial charge in [-0.1, -0.05) is 182 Å². The van der Waals surface area contributed by atoms with E-state index in [1.54, 1.807) is 0 Å². The van der Waals surface area contributed by atoms with Crippen LogP contribution in [0.15, 0.2) is 229 Å². The van der Waals surface area contributed by atoms with Gasteiger partial charge in [0.1, 0.15) is 11.2 Å². The number of anilines is 3. The molecule has 0 unspecified atom stereocenters. The van der Waals surface area contributed by atoms with Crippen LogP contribution in [0.1, 0.15) is 22.3 Å². The van der Waals surface area contributed by atoms with Gasteiger partial charge in [0.2, 0.25) is 0 Å². The lowest BCUT2D eigenvalue weighted by Crippen LogP contribution is -2.26. The Labute approximate surface area is 354 Å². The first kappa shape index (κ1) is 34.0. The van der Waals surface area contributed by atoms with Crippen molar-refractivity contribution < 1.29 is 4.42 Å². The Bertz CT molecular complexity index is 3480. The van der Waals surface area contributed by atoms with E-state index in [0.717, 1.165) is 39.0 Å². The molecule has 1 heterocycles. The fourth-order valence-corrected chi connectivity index (χ4v) is 10.8. The van der Waals surface area contributed by atoms with Crippen LogP contribution < -0.4 is 4.90 Å². The molecule has 0 amide bonds. The molecular weight excluding hydrogens is 739 g/mol. The lowest BCUT2D eigenvalue weighted by Gasteiger charge is -2.32. The van der Waals surface area contributed by atoms with Crippen LogP contribution in [0.25, 0.3) is 77.2 Å². The maximum Gasteiger partial charge on any atom is 0.136 e. The van der Waals surface area contributed by atoms with E-state index in [4.69, 9.17) is 4.42 Å². The van der Waals surface area contributed by atoms with Crippen molar-refractivity contribution in [2.75, 3.05) is 4.90 Å². The molecule has 0 fully saturated rings. The van der Waals surface area contributed by atoms with Gasteiger partial charge in [-0.15, -0.1) is 0 Å². The molecule has 1 spiro atoms. The summed E-state index contributed by atoms with van der Waals surface area (Å²) in [5, 5.41) is 4.62. The maximum atomic E-state index is 6.65. The molecular formula is C59H37NO. The van der Waals surface area contributed by atoms with Crippen LogP contribution in [0, 0.1) is 0 Å². The van der Waals surface area contributed by atoms with Crippen molar-refractivity contribution in [2.45, 2.75) is 5.41 Å². The molecule has 0 aliphatic heterocycles. The predicted molar refractivity (Wildman–Crippen MR) is 253 cm³/mol. The highest BCUT2D eigenvalue weighted by Crippen LogP contribution is 2.64. The van der Waals surface area contributed by atoms with Crippen LogP contribution in [0.4, 0.5) is 17.1 Å².